The van der Waals surface area contributed by atoms with Crippen LogP contribution in [0.15, 0.2) is 24.3 Å². The zero-order chi connectivity index (χ0) is 18.3. The number of nitrogens with two attached hydrogens (primary N) is 1. The van der Waals surface area contributed by atoms with Gasteiger partial charge in [0, 0.05) is 25.1 Å². The van der Waals surface area contributed by atoms with Crippen molar-refractivity contribution in [1.82, 2.24) is 10.6 Å². The molecule has 0 bridgehead atoms. The van der Waals surface area contributed by atoms with Gasteiger partial charge < -0.3 is 26.2 Å². The van der Waals surface area contributed by atoms with Crippen molar-refractivity contribution in [2.45, 2.75) is 32.1 Å². The Balaban J connectivity index is 0.00000625. The Labute approximate surface area is 161 Å². The fourth-order valence-corrected chi connectivity index (χ4v) is 2.25. The van der Waals surface area contributed by atoms with Crippen LogP contribution >= 0.6 is 12.4 Å². The summed E-state index contributed by atoms with van der Waals surface area (Å²) in [6.07, 6.45) is 3.92. The molecule has 0 amide bonds. The predicted molar refractivity (Wildman–Crippen MR) is 107 cm³/mol. The number of hydrogen-bond donors (Lipinski definition) is 5. The van der Waals surface area contributed by atoms with Crippen LogP contribution in [-0.4, -0.2) is 49.7 Å². The summed E-state index contributed by atoms with van der Waals surface area (Å²) in [7, 11) is 0. The van der Waals surface area contributed by atoms with E-state index in [9.17, 15) is 4.79 Å². The predicted octanol–water partition coefficient (Wildman–Crippen LogP) is 1.99. The standard InChI is InChI=1S/C18H30N4O3.ClH/c19-18(20)15-6-8-16(9-7-15)25-14-4-11-22-13-12-21-10-3-1-2-5-17(23)24;/h6-9,21-22H,1-5,10-14H2,(H3,19,20)(H,23,24);1H. The van der Waals surface area contributed by atoms with Crippen LogP contribution in [-0.2, 0) is 4.79 Å². The van der Waals surface area contributed by atoms with Gasteiger partial charge in [-0.25, -0.2) is 0 Å². The number of rotatable bonds is 15. The van der Waals surface area contributed by atoms with Gasteiger partial charge in [-0.05, 0) is 56.6 Å². The molecule has 0 aromatic heterocycles. The van der Waals surface area contributed by atoms with Crippen LogP contribution in [0.25, 0.3) is 0 Å². The Morgan fingerprint density at radius 1 is 1.00 bits per heavy atom. The van der Waals surface area contributed by atoms with Gasteiger partial charge in [0.15, 0.2) is 0 Å². The van der Waals surface area contributed by atoms with Crippen LogP contribution < -0.4 is 21.1 Å². The number of carboxylic acid groups (broad SMARTS) is 1. The molecule has 148 valence electrons. The summed E-state index contributed by atoms with van der Waals surface area (Å²) >= 11 is 0. The van der Waals surface area contributed by atoms with Gasteiger partial charge in [-0.15, -0.1) is 12.4 Å². The number of nitrogens with one attached hydrogen (secondary N) is 3. The molecule has 0 heterocycles. The average molecular weight is 387 g/mol. The lowest BCUT2D eigenvalue weighted by Gasteiger charge is -2.08. The quantitative estimate of drug-likeness (QED) is 0.178. The van der Waals surface area contributed by atoms with Crippen molar-refractivity contribution in [3.05, 3.63) is 29.8 Å². The maximum Gasteiger partial charge on any atom is 0.303 e. The fraction of sp³-hybridized carbons (Fsp3) is 0.556. The molecular weight excluding hydrogens is 356 g/mol. The Morgan fingerprint density at radius 3 is 2.19 bits per heavy atom. The Morgan fingerprint density at radius 2 is 1.62 bits per heavy atom. The minimum atomic E-state index is -0.714. The van der Waals surface area contributed by atoms with Gasteiger partial charge in [-0.1, -0.05) is 6.42 Å². The molecule has 1 aromatic rings. The number of carboxylic acids is 1. The van der Waals surface area contributed by atoms with Gasteiger partial charge in [0.1, 0.15) is 11.6 Å². The first-order valence-electron chi connectivity index (χ1n) is 8.80. The highest BCUT2D eigenvalue weighted by atomic mass is 35.5. The van der Waals surface area contributed by atoms with E-state index in [0.717, 1.165) is 57.6 Å². The largest absolute Gasteiger partial charge is 0.494 e. The zero-order valence-corrected chi connectivity index (χ0v) is 15.9. The average Bonchev–Trinajstić information content (AvgIpc) is 2.59. The molecule has 0 saturated heterocycles. The maximum absolute atomic E-state index is 10.4. The minimum absolute atomic E-state index is 0. The van der Waals surface area contributed by atoms with Crippen molar-refractivity contribution >= 4 is 24.2 Å². The van der Waals surface area contributed by atoms with E-state index in [4.69, 9.17) is 21.0 Å². The first kappa shape index (κ1) is 24.2. The molecule has 0 atom stereocenters. The van der Waals surface area contributed by atoms with E-state index < -0.39 is 5.97 Å². The van der Waals surface area contributed by atoms with E-state index in [-0.39, 0.29) is 24.7 Å². The smallest absolute Gasteiger partial charge is 0.303 e. The maximum atomic E-state index is 10.4. The Bertz CT molecular complexity index is 512. The van der Waals surface area contributed by atoms with Crippen LogP contribution in [0.1, 0.15) is 37.7 Å². The molecule has 0 radical (unpaired) electrons. The molecule has 0 aliphatic heterocycles. The Kier molecular flexibility index (Phi) is 14.3. The van der Waals surface area contributed by atoms with Crippen LogP contribution in [0.5, 0.6) is 5.75 Å². The molecule has 7 nitrogen and oxygen atoms in total. The molecule has 0 spiro atoms. The van der Waals surface area contributed by atoms with E-state index in [2.05, 4.69) is 10.6 Å². The van der Waals surface area contributed by atoms with Crippen LogP contribution in [0.3, 0.4) is 0 Å². The number of carbonyl (C=O) groups is 1. The van der Waals surface area contributed by atoms with Gasteiger partial charge in [0.2, 0.25) is 0 Å². The third-order valence-corrected chi connectivity index (χ3v) is 3.65. The summed E-state index contributed by atoms with van der Waals surface area (Å²) in [6, 6.07) is 7.21. The van der Waals surface area contributed by atoms with Crippen molar-refractivity contribution < 1.29 is 14.6 Å². The fourth-order valence-electron chi connectivity index (χ4n) is 2.25. The van der Waals surface area contributed by atoms with Gasteiger partial charge in [0.05, 0.1) is 6.61 Å². The van der Waals surface area contributed by atoms with Gasteiger partial charge in [-0.2, -0.15) is 0 Å². The number of amidine groups is 1. The second-order valence-electron chi connectivity index (χ2n) is 5.84. The summed E-state index contributed by atoms with van der Waals surface area (Å²) in [4.78, 5) is 10.4. The number of nitrogen functional groups attached to an aromatic ring is 1. The molecule has 1 rings (SSSR count). The summed E-state index contributed by atoms with van der Waals surface area (Å²) in [6.45, 7) is 4.28. The molecule has 8 heteroatoms. The molecule has 0 saturated carbocycles. The third kappa shape index (κ3) is 12.5. The second kappa shape index (κ2) is 15.4. The summed E-state index contributed by atoms with van der Waals surface area (Å²) < 4.78 is 5.63. The van der Waals surface area contributed by atoms with Crippen LogP contribution in [0, 0.1) is 5.41 Å². The molecule has 0 aliphatic carbocycles. The third-order valence-electron chi connectivity index (χ3n) is 3.65. The van der Waals surface area contributed by atoms with Crippen molar-refractivity contribution in [2.75, 3.05) is 32.8 Å². The first-order chi connectivity index (χ1) is 12.1. The second-order valence-corrected chi connectivity index (χ2v) is 5.84. The minimum Gasteiger partial charge on any atom is -0.494 e. The number of ether oxygens (including phenoxy) is 1. The molecule has 0 fully saturated rings. The van der Waals surface area contributed by atoms with Gasteiger partial charge in [-0.3, -0.25) is 10.2 Å². The van der Waals surface area contributed by atoms with E-state index in [0.29, 0.717) is 12.2 Å². The molecule has 0 aliphatic rings. The van der Waals surface area contributed by atoms with Crippen molar-refractivity contribution in [1.29, 1.82) is 5.41 Å². The highest BCUT2D eigenvalue weighted by Crippen LogP contribution is 2.11. The first-order valence-corrected chi connectivity index (χ1v) is 8.80. The lowest BCUT2D eigenvalue weighted by atomic mass is 10.2. The summed E-state index contributed by atoms with van der Waals surface area (Å²) in [5, 5.41) is 22.5. The van der Waals surface area contributed by atoms with Gasteiger partial charge in [0.25, 0.3) is 0 Å². The van der Waals surface area contributed by atoms with E-state index in [1.807, 2.05) is 12.1 Å². The monoisotopic (exact) mass is 386 g/mol. The van der Waals surface area contributed by atoms with Crippen molar-refractivity contribution in [3.63, 3.8) is 0 Å². The normalized spacial score (nSPS) is 10.2. The molecule has 26 heavy (non-hydrogen) atoms. The lowest BCUT2D eigenvalue weighted by Crippen LogP contribution is -2.29. The molecular formula is C18H31ClN4O3. The number of halogens is 1. The van der Waals surface area contributed by atoms with E-state index in [1.54, 1.807) is 12.1 Å². The number of benzene rings is 1. The highest BCUT2D eigenvalue weighted by Gasteiger charge is 1.98. The van der Waals surface area contributed by atoms with Crippen molar-refractivity contribution in [3.8, 4) is 5.75 Å². The Hall–Kier alpha value is -1.83. The van der Waals surface area contributed by atoms with Crippen molar-refractivity contribution in [2.24, 2.45) is 5.73 Å². The van der Waals surface area contributed by atoms with Crippen LogP contribution in [0.2, 0.25) is 0 Å². The van der Waals surface area contributed by atoms with E-state index >= 15 is 0 Å². The summed E-state index contributed by atoms with van der Waals surface area (Å²) in [5.74, 6) is 0.133. The number of aliphatic carboxylic acids is 1. The molecule has 1 aromatic carbocycles. The number of unbranched alkanes of at least 4 members (excludes halogenated alkanes) is 2. The topological polar surface area (TPSA) is 120 Å². The van der Waals surface area contributed by atoms with Crippen LogP contribution in [0.4, 0.5) is 0 Å². The zero-order valence-electron chi connectivity index (χ0n) is 15.1. The molecule has 6 N–H and O–H groups in total. The van der Waals surface area contributed by atoms with E-state index in [1.165, 1.54) is 0 Å². The number of hydrogen-bond acceptors (Lipinski definition) is 5. The highest BCUT2D eigenvalue weighted by molar-refractivity contribution is 5.94. The lowest BCUT2D eigenvalue weighted by molar-refractivity contribution is -0.137. The summed E-state index contributed by atoms with van der Waals surface area (Å²) in [5.41, 5.74) is 6.10. The SMILES string of the molecule is Cl.N=C(N)c1ccc(OCCCNCCNCCCCCC(=O)O)cc1. The molecule has 0 unspecified atom stereocenters. The van der Waals surface area contributed by atoms with Gasteiger partial charge >= 0.3 is 5.97 Å².